The van der Waals surface area contributed by atoms with Crippen LogP contribution in [0.4, 0.5) is 0 Å². The number of hydrogen-bond acceptors (Lipinski definition) is 5. The fourth-order valence-electron chi connectivity index (χ4n) is 4.84. The van der Waals surface area contributed by atoms with Gasteiger partial charge in [0.2, 0.25) is 0 Å². The van der Waals surface area contributed by atoms with Crippen molar-refractivity contribution in [3.05, 3.63) is 68.3 Å². The molecule has 3 aliphatic rings. The van der Waals surface area contributed by atoms with Crippen molar-refractivity contribution in [2.45, 2.75) is 13.0 Å². The van der Waals surface area contributed by atoms with Gasteiger partial charge < -0.3 is 9.47 Å². The van der Waals surface area contributed by atoms with Gasteiger partial charge in [-0.3, -0.25) is 9.59 Å². The summed E-state index contributed by atoms with van der Waals surface area (Å²) in [4.78, 5) is 25.6. The summed E-state index contributed by atoms with van der Waals surface area (Å²) in [5.41, 5.74) is 1.58. The van der Waals surface area contributed by atoms with Gasteiger partial charge in [-0.25, -0.2) is 0 Å². The summed E-state index contributed by atoms with van der Waals surface area (Å²) >= 11 is 8.38. The molecule has 0 radical (unpaired) electrons. The molecule has 0 spiro atoms. The molecule has 0 unspecified atom stereocenters. The highest BCUT2D eigenvalue weighted by molar-refractivity contribution is 14.1. The van der Waals surface area contributed by atoms with Gasteiger partial charge in [0.25, 0.3) is 11.8 Å². The first kappa shape index (κ1) is 21.5. The number of benzene rings is 2. The number of carbonyl (C=O) groups excluding carboxylic acids is 2. The van der Waals surface area contributed by atoms with Crippen LogP contribution in [-0.2, 0) is 16.2 Å². The van der Waals surface area contributed by atoms with Crippen LogP contribution in [0.25, 0.3) is 0 Å². The van der Waals surface area contributed by atoms with E-state index in [1.54, 1.807) is 13.2 Å². The topological polar surface area (TPSA) is 68.2 Å². The Hall–Kier alpha value is -2.39. The second-order valence-corrected chi connectivity index (χ2v) is 9.72. The smallest absolute Gasteiger partial charge is 0.254 e. The summed E-state index contributed by atoms with van der Waals surface area (Å²) in [7, 11) is 1.56. The van der Waals surface area contributed by atoms with Crippen molar-refractivity contribution in [2.24, 2.45) is 28.8 Å². The molecule has 32 heavy (non-hydrogen) atoms. The first-order valence-corrected chi connectivity index (χ1v) is 11.8. The molecule has 2 fully saturated rings. The zero-order chi connectivity index (χ0) is 22.4. The van der Waals surface area contributed by atoms with E-state index in [1.165, 1.54) is 6.21 Å². The number of halogens is 2. The summed E-state index contributed by atoms with van der Waals surface area (Å²) in [6.07, 6.45) is 6.56. The van der Waals surface area contributed by atoms with Crippen molar-refractivity contribution in [2.75, 3.05) is 7.11 Å². The van der Waals surface area contributed by atoms with Crippen LogP contribution in [0.3, 0.4) is 0 Å². The minimum Gasteiger partial charge on any atom is -0.493 e. The number of nitrogens with zero attached hydrogens (tertiary/aromatic N) is 2. The van der Waals surface area contributed by atoms with Gasteiger partial charge in [0.15, 0.2) is 11.5 Å². The first-order valence-electron chi connectivity index (χ1n) is 10.3. The Balaban J connectivity index is 1.34. The molecule has 2 amide bonds. The second kappa shape index (κ2) is 8.51. The maximum atomic E-state index is 12.8. The molecule has 1 saturated heterocycles. The average molecular weight is 563 g/mol. The Morgan fingerprint density at radius 3 is 2.50 bits per heavy atom. The minimum atomic E-state index is -0.259. The SMILES string of the molecule is COc1cc(/C=N\N2C(=O)[C@@H]3[C@@H](C2=O)[C@H]2C=C[C@H]3C2)cc(I)c1OCc1ccccc1Cl. The molecule has 8 heteroatoms. The van der Waals surface area contributed by atoms with Gasteiger partial charge in [-0.05, 0) is 64.6 Å². The highest BCUT2D eigenvalue weighted by Crippen LogP contribution is 2.52. The Kier molecular flexibility index (Phi) is 5.71. The van der Waals surface area contributed by atoms with Gasteiger partial charge in [-0.1, -0.05) is 42.0 Å². The Morgan fingerprint density at radius 2 is 1.84 bits per heavy atom. The van der Waals surface area contributed by atoms with Crippen LogP contribution in [0, 0.1) is 27.2 Å². The van der Waals surface area contributed by atoms with E-state index in [-0.39, 0.29) is 35.5 Å². The normalized spacial score (nSPS) is 25.8. The third kappa shape index (κ3) is 3.61. The molecule has 6 nitrogen and oxygen atoms in total. The number of allylic oxidation sites excluding steroid dienone is 2. The lowest BCUT2D eigenvalue weighted by molar-refractivity contribution is -0.140. The highest BCUT2D eigenvalue weighted by Gasteiger charge is 2.59. The average Bonchev–Trinajstić information content (AvgIpc) is 3.46. The molecule has 2 aromatic rings. The number of rotatable bonds is 6. The fourth-order valence-corrected chi connectivity index (χ4v) is 5.82. The van der Waals surface area contributed by atoms with Crippen LogP contribution in [0.2, 0.25) is 5.02 Å². The lowest BCUT2D eigenvalue weighted by atomic mass is 9.85. The van der Waals surface area contributed by atoms with Gasteiger partial charge in [-0.15, -0.1) is 0 Å². The summed E-state index contributed by atoms with van der Waals surface area (Å²) < 4.78 is 12.3. The van der Waals surface area contributed by atoms with Gasteiger partial charge in [0, 0.05) is 10.6 Å². The number of imide groups is 1. The van der Waals surface area contributed by atoms with E-state index in [0.29, 0.717) is 28.7 Å². The summed E-state index contributed by atoms with van der Waals surface area (Å²) in [5, 5.41) is 5.93. The quantitative estimate of drug-likeness (QED) is 0.222. The largest absolute Gasteiger partial charge is 0.493 e. The Morgan fingerprint density at radius 1 is 1.16 bits per heavy atom. The molecule has 0 N–H and O–H groups in total. The fraction of sp³-hybridized carbons (Fsp3) is 0.292. The first-order chi connectivity index (χ1) is 15.5. The molecule has 2 bridgehead atoms. The third-order valence-corrected chi connectivity index (χ3v) is 7.52. The molecule has 1 saturated carbocycles. The van der Waals surface area contributed by atoms with E-state index in [4.69, 9.17) is 21.1 Å². The highest BCUT2D eigenvalue weighted by atomic mass is 127. The number of ether oxygens (including phenoxy) is 2. The molecule has 2 aromatic carbocycles. The standard InChI is InChI=1S/C24H20ClIN2O4/c1-31-19-9-13(8-18(26)22(19)32-12-16-4-2-3-5-17(16)25)11-27-28-23(29)20-14-6-7-15(10-14)21(20)24(28)30/h2-9,11,14-15,20-21H,10,12H2,1H3/b27-11-/t14-,15-,20-,21-/m0/s1. The molecular weight excluding hydrogens is 543 g/mol. The van der Waals surface area contributed by atoms with Crippen molar-refractivity contribution >= 4 is 52.2 Å². The van der Waals surface area contributed by atoms with Crippen molar-refractivity contribution in [1.82, 2.24) is 5.01 Å². The number of hydrogen-bond donors (Lipinski definition) is 0. The minimum absolute atomic E-state index is 0.164. The van der Waals surface area contributed by atoms with E-state index in [1.807, 2.05) is 30.3 Å². The lowest BCUT2D eigenvalue weighted by Gasteiger charge is -2.14. The molecule has 164 valence electrons. The molecule has 5 rings (SSSR count). The van der Waals surface area contributed by atoms with Gasteiger partial charge in [0.05, 0.1) is 28.7 Å². The summed E-state index contributed by atoms with van der Waals surface area (Å²) in [5.74, 6) is 0.535. The van der Waals surface area contributed by atoms with Crippen LogP contribution < -0.4 is 9.47 Å². The number of amides is 2. The van der Waals surface area contributed by atoms with Gasteiger partial charge in [-0.2, -0.15) is 10.1 Å². The molecule has 4 atom stereocenters. The van der Waals surface area contributed by atoms with Crippen LogP contribution in [0.15, 0.2) is 53.7 Å². The molecular formula is C24H20ClIN2O4. The zero-order valence-electron chi connectivity index (χ0n) is 17.2. The van der Waals surface area contributed by atoms with E-state index < -0.39 is 0 Å². The van der Waals surface area contributed by atoms with E-state index in [0.717, 1.165) is 20.6 Å². The van der Waals surface area contributed by atoms with Crippen molar-refractivity contribution in [1.29, 1.82) is 0 Å². The van der Waals surface area contributed by atoms with Crippen LogP contribution in [-0.4, -0.2) is 30.1 Å². The number of carbonyl (C=O) groups is 2. The van der Waals surface area contributed by atoms with Crippen molar-refractivity contribution in [3.63, 3.8) is 0 Å². The van der Waals surface area contributed by atoms with Crippen LogP contribution in [0.5, 0.6) is 11.5 Å². The third-order valence-electron chi connectivity index (χ3n) is 6.35. The molecule has 0 aromatic heterocycles. The van der Waals surface area contributed by atoms with Gasteiger partial charge in [0.1, 0.15) is 6.61 Å². The number of hydrazone groups is 1. The Labute approximate surface area is 204 Å². The maximum absolute atomic E-state index is 12.8. The van der Waals surface area contributed by atoms with Gasteiger partial charge >= 0.3 is 0 Å². The van der Waals surface area contributed by atoms with E-state index in [2.05, 4.69) is 39.8 Å². The number of fused-ring (bicyclic) bond motifs is 5. The lowest BCUT2D eigenvalue weighted by Crippen LogP contribution is -2.28. The van der Waals surface area contributed by atoms with E-state index in [9.17, 15) is 9.59 Å². The monoisotopic (exact) mass is 562 g/mol. The zero-order valence-corrected chi connectivity index (χ0v) is 20.1. The van der Waals surface area contributed by atoms with Crippen LogP contribution in [0.1, 0.15) is 17.5 Å². The van der Waals surface area contributed by atoms with Crippen molar-refractivity contribution in [3.8, 4) is 11.5 Å². The predicted octanol–water partition coefficient (Wildman–Crippen LogP) is 4.67. The Bertz CT molecular complexity index is 1130. The predicted molar refractivity (Wildman–Crippen MR) is 129 cm³/mol. The van der Waals surface area contributed by atoms with Crippen molar-refractivity contribution < 1.29 is 19.1 Å². The maximum Gasteiger partial charge on any atom is 0.254 e. The second-order valence-electron chi connectivity index (χ2n) is 8.15. The molecule has 2 aliphatic carbocycles. The van der Waals surface area contributed by atoms with Crippen LogP contribution >= 0.6 is 34.2 Å². The number of methoxy groups -OCH3 is 1. The van der Waals surface area contributed by atoms with E-state index >= 15 is 0 Å². The summed E-state index contributed by atoms with van der Waals surface area (Å²) in [6.45, 7) is 0.301. The molecule has 1 heterocycles. The summed E-state index contributed by atoms with van der Waals surface area (Å²) in [6, 6.07) is 11.1. The molecule has 1 aliphatic heterocycles.